The summed E-state index contributed by atoms with van der Waals surface area (Å²) in [5, 5.41) is 12.5. The van der Waals surface area contributed by atoms with Crippen molar-refractivity contribution < 1.29 is 28.2 Å². The number of nitrogens with one attached hydrogen (secondary N) is 1. The lowest BCUT2D eigenvalue weighted by Gasteiger charge is -2.20. The van der Waals surface area contributed by atoms with E-state index in [0.29, 0.717) is 10.6 Å². The minimum Gasteiger partial charge on any atom is -0.379 e. The molecule has 1 saturated carbocycles. The Morgan fingerprint density at radius 3 is 2.57 bits per heavy atom. The van der Waals surface area contributed by atoms with Gasteiger partial charge in [-0.2, -0.15) is 18.3 Å². The van der Waals surface area contributed by atoms with Crippen LogP contribution in [0.3, 0.4) is 0 Å². The first-order valence-electron chi connectivity index (χ1n) is 12.6. The zero-order valence-corrected chi connectivity index (χ0v) is 24.2. The molecule has 16 heteroatoms. The summed E-state index contributed by atoms with van der Waals surface area (Å²) < 4.78 is 40.0. The molecule has 2 heterocycles. The van der Waals surface area contributed by atoms with E-state index in [4.69, 9.17) is 28.9 Å². The minimum atomic E-state index is -2.61. The van der Waals surface area contributed by atoms with Crippen molar-refractivity contribution in [1.29, 1.82) is 0 Å². The Hall–Kier alpha value is -4.14. The van der Waals surface area contributed by atoms with Crippen LogP contribution in [0.4, 0.5) is 18.9 Å². The number of benzene rings is 1. The van der Waals surface area contributed by atoms with Gasteiger partial charge in [-0.15, -0.1) is 10.2 Å². The van der Waals surface area contributed by atoms with Crippen molar-refractivity contribution >= 4 is 46.5 Å². The van der Waals surface area contributed by atoms with Gasteiger partial charge in [0.1, 0.15) is 12.2 Å². The third-order valence-corrected chi connectivity index (χ3v) is 6.88. The number of carbonyl (C=O) groups excluding carboxylic acids is 2. The van der Waals surface area contributed by atoms with Gasteiger partial charge in [0.15, 0.2) is 11.7 Å². The molecule has 1 aliphatic rings. The number of carbonyl (C=O) groups is 2. The van der Waals surface area contributed by atoms with Crippen LogP contribution in [0.15, 0.2) is 53.5 Å². The molecule has 1 aromatic carbocycles. The van der Waals surface area contributed by atoms with Crippen molar-refractivity contribution in [3.05, 3.63) is 81.0 Å². The summed E-state index contributed by atoms with van der Waals surface area (Å²) in [4.78, 5) is 32.9. The largest absolute Gasteiger partial charge is 0.379 e. The Labute approximate surface area is 248 Å². The van der Waals surface area contributed by atoms with Gasteiger partial charge in [-0.1, -0.05) is 23.2 Å². The molecule has 1 aliphatic carbocycles. The van der Waals surface area contributed by atoms with E-state index in [-0.39, 0.29) is 52.0 Å². The highest BCUT2D eigenvalue weighted by molar-refractivity contribution is 6.32. The third kappa shape index (κ3) is 6.83. The lowest BCUT2D eigenvalue weighted by molar-refractivity contribution is -0.788. The van der Waals surface area contributed by atoms with E-state index < -0.39 is 23.7 Å². The number of amidine groups is 1. The topological polar surface area (TPSA) is 138 Å². The predicted molar refractivity (Wildman–Crippen MR) is 151 cm³/mol. The van der Waals surface area contributed by atoms with Crippen LogP contribution in [0, 0.1) is 6.92 Å². The molecule has 2 amide bonds. The molecular weight excluding hydrogens is 598 g/mol. The predicted octanol–water partition coefficient (Wildman–Crippen LogP) is 3.63. The number of hydrazone groups is 1. The average Bonchev–Trinajstić information content (AvgIpc) is 3.72. The quantitative estimate of drug-likeness (QED) is 0.136. The average molecular weight is 625 g/mol. The number of hydrogen-bond acceptors (Lipinski definition) is 6. The van der Waals surface area contributed by atoms with Gasteiger partial charge >= 0.3 is 6.08 Å². The molecule has 0 saturated heterocycles. The molecule has 0 bridgehead atoms. The zero-order valence-electron chi connectivity index (χ0n) is 22.7. The lowest BCUT2D eigenvalue weighted by atomic mass is 10.1. The normalized spacial score (nSPS) is 13.1. The molecular formula is C26H27Cl2F3N9O2+. The number of hydrogen-bond donors (Lipinski definition) is 3. The molecule has 222 valence electrons. The number of quaternary nitrogens is 1. The van der Waals surface area contributed by atoms with Crippen molar-refractivity contribution in [1.82, 2.24) is 24.8 Å². The molecule has 5 N–H and O–H groups in total. The summed E-state index contributed by atoms with van der Waals surface area (Å²) in [5.74, 6) is -3.83. The van der Waals surface area contributed by atoms with E-state index >= 15 is 0 Å². The number of pyridine rings is 1. The number of aromatic nitrogens is 3. The van der Waals surface area contributed by atoms with Gasteiger partial charge in [0.2, 0.25) is 5.83 Å². The van der Waals surface area contributed by atoms with Crippen molar-refractivity contribution in [2.45, 2.75) is 32.4 Å². The van der Waals surface area contributed by atoms with Crippen molar-refractivity contribution in [3.8, 4) is 5.82 Å². The van der Waals surface area contributed by atoms with Crippen LogP contribution in [0.25, 0.3) is 5.82 Å². The van der Waals surface area contributed by atoms with Crippen LogP contribution < -0.4 is 16.5 Å². The maximum absolute atomic E-state index is 13.7. The molecule has 0 spiro atoms. The van der Waals surface area contributed by atoms with Gasteiger partial charge in [-0.05, 0) is 55.7 Å². The van der Waals surface area contributed by atoms with E-state index in [0.717, 1.165) is 18.0 Å². The minimum absolute atomic E-state index is 0.0252. The van der Waals surface area contributed by atoms with Crippen LogP contribution in [0.1, 0.15) is 44.9 Å². The molecule has 3 aromatic rings. The van der Waals surface area contributed by atoms with Crippen LogP contribution in [0.2, 0.25) is 10.0 Å². The molecule has 0 radical (unpaired) electrons. The molecule has 0 atom stereocenters. The van der Waals surface area contributed by atoms with E-state index in [2.05, 4.69) is 20.5 Å². The maximum atomic E-state index is 13.7. The summed E-state index contributed by atoms with van der Waals surface area (Å²) >= 11 is 12.6. The fourth-order valence-corrected chi connectivity index (χ4v) is 4.54. The second-order valence-electron chi connectivity index (χ2n) is 9.40. The summed E-state index contributed by atoms with van der Waals surface area (Å²) in [6.45, 7) is 1.52. The SMILES string of the molecule is C[NH2+]N(Cc1cc(C(=O)Nc2c(C)cc(Cl)cc2C(=O)N(C)C2CC2)n(-c2ncccc2Cl)n1)N=C(N)C(F)=C(F)F. The van der Waals surface area contributed by atoms with Gasteiger partial charge < -0.3 is 16.0 Å². The molecule has 2 aromatic heterocycles. The Morgan fingerprint density at radius 2 is 1.95 bits per heavy atom. The van der Waals surface area contributed by atoms with Crippen LogP contribution in [-0.2, 0) is 6.54 Å². The summed E-state index contributed by atoms with van der Waals surface area (Å²) in [6, 6.07) is 7.78. The number of nitrogens with zero attached hydrogens (tertiary/aromatic N) is 6. The number of anilines is 1. The summed E-state index contributed by atoms with van der Waals surface area (Å²) in [7, 11) is 3.21. The Bertz CT molecular complexity index is 1590. The second kappa shape index (κ2) is 12.8. The lowest BCUT2D eigenvalue weighted by Crippen LogP contribution is -2.88. The first-order valence-corrected chi connectivity index (χ1v) is 13.4. The van der Waals surface area contributed by atoms with E-state index in [9.17, 15) is 22.8 Å². The molecule has 0 aliphatic heterocycles. The molecule has 42 heavy (non-hydrogen) atoms. The van der Waals surface area contributed by atoms with Crippen LogP contribution in [0.5, 0.6) is 0 Å². The second-order valence-corrected chi connectivity index (χ2v) is 10.2. The number of aryl methyl sites for hydroxylation is 1. The monoisotopic (exact) mass is 624 g/mol. The Balaban J connectivity index is 1.73. The Morgan fingerprint density at radius 1 is 1.24 bits per heavy atom. The van der Waals surface area contributed by atoms with Gasteiger partial charge in [-0.25, -0.2) is 15.1 Å². The number of nitrogens with two attached hydrogens (primary N) is 2. The summed E-state index contributed by atoms with van der Waals surface area (Å²) in [5.41, 5.74) is 7.93. The smallest absolute Gasteiger partial charge is 0.309 e. The van der Waals surface area contributed by atoms with Crippen LogP contribution >= 0.6 is 23.2 Å². The number of halogens is 5. The maximum Gasteiger partial charge on any atom is 0.309 e. The highest BCUT2D eigenvalue weighted by Crippen LogP contribution is 2.32. The molecule has 0 unspecified atom stereocenters. The van der Waals surface area contributed by atoms with E-state index in [1.54, 1.807) is 37.1 Å². The first-order chi connectivity index (χ1) is 19.9. The first kappa shape index (κ1) is 30.8. The fourth-order valence-electron chi connectivity index (χ4n) is 4.07. The zero-order chi connectivity index (χ0) is 30.7. The van der Waals surface area contributed by atoms with Gasteiger partial charge in [0, 0.05) is 24.3 Å². The van der Waals surface area contributed by atoms with E-state index in [1.165, 1.54) is 35.5 Å². The molecule has 4 rings (SSSR count). The number of rotatable bonds is 10. The molecule has 1 fully saturated rings. The van der Waals surface area contributed by atoms with Crippen molar-refractivity contribution in [2.75, 3.05) is 19.4 Å². The third-order valence-electron chi connectivity index (χ3n) is 6.37. The molecule has 11 nitrogen and oxygen atoms in total. The highest BCUT2D eigenvalue weighted by Gasteiger charge is 2.32. The Kier molecular flexibility index (Phi) is 9.39. The summed E-state index contributed by atoms with van der Waals surface area (Å²) in [6.07, 6.45) is 0.628. The highest BCUT2D eigenvalue weighted by atomic mass is 35.5. The number of amides is 2. The van der Waals surface area contributed by atoms with E-state index in [1.807, 2.05) is 0 Å². The standard InChI is InChI=1S/C26H26Cl2F3N9O2/c1-13-9-14(27)10-17(26(42)38(3)16-6-7-16)21(13)35-25(41)19-11-15(36-40(19)24-18(28)5-4-8-34-24)12-39(33-2)37-23(32)20(29)22(30)31/h4-5,8-11,16,33H,6-7,12H2,1-3H3,(H2,32,37)(H,35,41)/p+1. The van der Waals surface area contributed by atoms with Gasteiger partial charge in [-0.3, -0.25) is 9.59 Å². The van der Waals surface area contributed by atoms with Gasteiger partial charge in [0.05, 0.1) is 29.0 Å². The van der Waals surface area contributed by atoms with Gasteiger partial charge in [0.25, 0.3) is 11.8 Å². The fraction of sp³-hybridized carbons (Fsp3) is 0.269. The van der Waals surface area contributed by atoms with Crippen LogP contribution in [-0.4, -0.2) is 62.6 Å². The van der Waals surface area contributed by atoms with Crippen molar-refractivity contribution in [3.63, 3.8) is 0 Å². The van der Waals surface area contributed by atoms with Crippen molar-refractivity contribution in [2.24, 2.45) is 10.8 Å².